The fourth-order valence-corrected chi connectivity index (χ4v) is 11.9. The lowest BCUT2D eigenvalue weighted by Crippen LogP contribution is -2.60. The molecule has 2 aliphatic carbocycles. The van der Waals surface area contributed by atoms with Crippen LogP contribution in [0, 0.1) is 0 Å². The van der Waals surface area contributed by atoms with Gasteiger partial charge in [0.1, 0.15) is 11.2 Å². The fourth-order valence-electron chi connectivity index (χ4n) is 11.9. The molecule has 0 amide bonds. The van der Waals surface area contributed by atoms with E-state index in [-0.39, 0.29) is 17.7 Å². The molecule has 4 heterocycles. The molecule has 2 aromatic heterocycles. The van der Waals surface area contributed by atoms with Crippen molar-refractivity contribution in [3.63, 3.8) is 0 Å². The summed E-state index contributed by atoms with van der Waals surface area (Å²) in [5.41, 5.74) is 25.6. The number of rotatable bonds is 1. The summed E-state index contributed by atoms with van der Waals surface area (Å²) in [4.78, 5) is 2.70. The monoisotopic (exact) mass is 768 g/mol. The Morgan fingerprint density at radius 3 is 2.20 bits per heavy atom. The first-order chi connectivity index (χ1) is 29.1. The number of benzene rings is 8. The summed E-state index contributed by atoms with van der Waals surface area (Å²) in [7, 11) is 0. The molecule has 0 saturated carbocycles. The molecule has 8 aromatic carbocycles. The van der Waals surface area contributed by atoms with Crippen LogP contribution in [-0.2, 0) is 17.3 Å². The highest BCUT2D eigenvalue weighted by Crippen LogP contribution is 2.53. The molecule has 0 atom stereocenters. The summed E-state index contributed by atoms with van der Waals surface area (Å²) in [6.45, 7) is 11.7. The van der Waals surface area contributed by atoms with Crippen LogP contribution in [0.1, 0.15) is 62.4 Å². The maximum Gasteiger partial charge on any atom is 0.333 e. The van der Waals surface area contributed by atoms with Gasteiger partial charge in [0.25, 0.3) is 0 Å². The van der Waals surface area contributed by atoms with E-state index < -0.39 is 0 Å². The minimum Gasteiger partial charge on any atom is -0.455 e. The zero-order valence-electron chi connectivity index (χ0n) is 34.4. The van der Waals surface area contributed by atoms with Crippen LogP contribution >= 0.6 is 0 Å². The molecule has 0 fully saturated rings. The van der Waals surface area contributed by atoms with Crippen molar-refractivity contribution in [2.75, 3.05) is 4.81 Å². The zero-order valence-corrected chi connectivity index (χ0v) is 34.4. The lowest BCUT2D eigenvalue weighted by molar-refractivity contribution is 0.590. The molecule has 3 nitrogen and oxygen atoms in total. The number of fused-ring (bicyclic) bond motifs is 18. The third-order valence-electron chi connectivity index (χ3n) is 14.7. The lowest BCUT2D eigenvalue weighted by Gasteiger charge is -2.42. The molecule has 4 aliphatic rings. The van der Waals surface area contributed by atoms with E-state index in [9.17, 15) is 0 Å². The number of aromatic nitrogens is 1. The summed E-state index contributed by atoms with van der Waals surface area (Å²) < 4.78 is 9.47. The minimum atomic E-state index is -0.145. The second-order valence-corrected chi connectivity index (χ2v) is 19.3. The van der Waals surface area contributed by atoms with Crippen LogP contribution in [0.4, 0.5) is 11.4 Å². The fraction of sp³-hybridized carbons (Fsp3) is 0.143. The van der Waals surface area contributed by atoms with Crippen molar-refractivity contribution >= 4 is 72.9 Å². The summed E-state index contributed by atoms with van der Waals surface area (Å²) >= 11 is 0. The van der Waals surface area contributed by atoms with Gasteiger partial charge in [-0.1, -0.05) is 132 Å². The maximum absolute atomic E-state index is 6.87. The molecule has 0 N–H and O–H groups in total. The van der Waals surface area contributed by atoms with E-state index in [2.05, 4.69) is 190 Å². The molecule has 0 bridgehead atoms. The highest BCUT2D eigenvalue weighted by Gasteiger charge is 2.47. The van der Waals surface area contributed by atoms with Crippen molar-refractivity contribution in [3.05, 3.63) is 173 Å². The SMILES string of the molecule is CC(C)(C)c1ccc(N2B3c4cc5c(cc4-n4c6ccc7c8ccccc8oc7c6c6ccc(c3c64)-c3cc4c(cc32)Cc2ccccc2-4)-c2ccccc2C5(C)C)cc1. The predicted molar refractivity (Wildman–Crippen MR) is 252 cm³/mol. The van der Waals surface area contributed by atoms with Crippen LogP contribution < -0.4 is 15.7 Å². The summed E-state index contributed by atoms with van der Waals surface area (Å²) in [6.07, 6.45) is 0.949. The first-order valence-electron chi connectivity index (χ1n) is 21.5. The largest absolute Gasteiger partial charge is 0.455 e. The Kier molecular flexibility index (Phi) is 6.00. The van der Waals surface area contributed by atoms with Crippen LogP contribution in [0.25, 0.3) is 82.8 Å². The van der Waals surface area contributed by atoms with Crippen molar-refractivity contribution in [1.82, 2.24) is 4.57 Å². The molecule has 60 heavy (non-hydrogen) atoms. The average Bonchev–Trinajstić information content (AvgIpc) is 3.98. The summed E-state index contributed by atoms with van der Waals surface area (Å²) in [5, 5.41) is 4.74. The highest BCUT2D eigenvalue weighted by atomic mass is 16.3. The predicted octanol–water partition coefficient (Wildman–Crippen LogP) is 13.1. The van der Waals surface area contributed by atoms with Gasteiger partial charge in [-0.25, -0.2) is 0 Å². The van der Waals surface area contributed by atoms with Crippen LogP contribution in [0.2, 0.25) is 0 Å². The Bertz CT molecular complexity index is 3590. The van der Waals surface area contributed by atoms with Gasteiger partial charge in [0, 0.05) is 44.2 Å². The molecule has 2 aliphatic heterocycles. The van der Waals surface area contributed by atoms with Crippen molar-refractivity contribution in [1.29, 1.82) is 0 Å². The summed E-state index contributed by atoms with van der Waals surface area (Å²) in [6, 6.07) is 55.6. The van der Waals surface area contributed by atoms with E-state index in [4.69, 9.17) is 4.42 Å². The number of anilines is 2. The molecule has 0 spiro atoms. The molecule has 10 aromatic rings. The Balaban J connectivity index is 1.16. The van der Waals surface area contributed by atoms with Crippen molar-refractivity contribution in [2.45, 2.75) is 51.9 Å². The second-order valence-electron chi connectivity index (χ2n) is 19.3. The third-order valence-corrected chi connectivity index (χ3v) is 14.7. The highest BCUT2D eigenvalue weighted by molar-refractivity contribution is 6.93. The Labute approximate surface area is 349 Å². The van der Waals surface area contributed by atoms with E-state index >= 15 is 0 Å². The minimum absolute atomic E-state index is 0.0468. The van der Waals surface area contributed by atoms with Crippen molar-refractivity contribution in [2.24, 2.45) is 0 Å². The van der Waals surface area contributed by atoms with Gasteiger partial charge < -0.3 is 13.8 Å². The molecule has 284 valence electrons. The van der Waals surface area contributed by atoms with Gasteiger partial charge in [-0.3, -0.25) is 0 Å². The number of nitrogens with zero attached hydrogens (tertiary/aromatic N) is 2. The molecule has 0 saturated heterocycles. The molecule has 0 radical (unpaired) electrons. The van der Waals surface area contributed by atoms with E-state index in [0.717, 1.165) is 28.4 Å². The van der Waals surface area contributed by atoms with Gasteiger partial charge in [-0.2, -0.15) is 0 Å². The Morgan fingerprint density at radius 1 is 0.583 bits per heavy atom. The standard InChI is InChI=1S/C56H41BN2O/c1-55(2,3)33-18-20-34(21-19-33)59-48-27-32-26-31-12-6-7-13-35(31)41(32)28-43(48)38-22-23-40-51-47(25-24-39-37-15-9-11-17-50(37)60-54(39)51)58-49-29-42-36-14-8-10-16-44(36)56(4,5)45(42)30-46(49)57(59)52(38)53(40)58/h6-25,27-30H,26H2,1-5H3. The first kappa shape index (κ1) is 33.1. The quantitative estimate of drug-likeness (QED) is 0.155. The Hall–Kier alpha value is -6.78. The van der Waals surface area contributed by atoms with Gasteiger partial charge >= 0.3 is 6.85 Å². The molecule has 14 rings (SSSR count). The van der Waals surface area contributed by atoms with Crippen LogP contribution in [0.15, 0.2) is 150 Å². The normalized spacial score (nSPS) is 15.1. The van der Waals surface area contributed by atoms with Gasteiger partial charge in [-0.15, -0.1) is 0 Å². The number of para-hydroxylation sites is 1. The second kappa shape index (κ2) is 10.9. The van der Waals surface area contributed by atoms with Crippen LogP contribution in [-0.4, -0.2) is 11.4 Å². The first-order valence-corrected chi connectivity index (χ1v) is 21.5. The smallest absolute Gasteiger partial charge is 0.333 e. The maximum atomic E-state index is 6.87. The van der Waals surface area contributed by atoms with Gasteiger partial charge in [0.2, 0.25) is 0 Å². The zero-order chi connectivity index (χ0) is 40.0. The number of hydrogen-bond acceptors (Lipinski definition) is 2. The van der Waals surface area contributed by atoms with Crippen molar-refractivity contribution in [3.8, 4) is 39.1 Å². The molecular formula is C56H41BN2O. The van der Waals surface area contributed by atoms with E-state index in [1.807, 2.05) is 0 Å². The summed E-state index contributed by atoms with van der Waals surface area (Å²) in [5.74, 6) is 0. The Morgan fingerprint density at radius 2 is 1.35 bits per heavy atom. The topological polar surface area (TPSA) is 21.3 Å². The number of furan rings is 1. The lowest BCUT2D eigenvalue weighted by atomic mass is 9.43. The van der Waals surface area contributed by atoms with Gasteiger partial charge in [0.15, 0.2) is 0 Å². The number of hydrogen-bond donors (Lipinski definition) is 0. The molecule has 0 unspecified atom stereocenters. The van der Waals surface area contributed by atoms with E-state index in [0.29, 0.717) is 0 Å². The average molecular weight is 769 g/mol. The molecular weight excluding hydrogens is 727 g/mol. The van der Waals surface area contributed by atoms with E-state index in [1.54, 1.807) is 0 Å². The van der Waals surface area contributed by atoms with Crippen LogP contribution in [0.3, 0.4) is 0 Å². The van der Waals surface area contributed by atoms with Crippen molar-refractivity contribution < 1.29 is 4.42 Å². The van der Waals surface area contributed by atoms with Gasteiger partial charge in [-0.05, 0) is 127 Å². The third kappa shape index (κ3) is 3.98. The van der Waals surface area contributed by atoms with E-state index in [1.165, 1.54) is 111 Å². The van der Waals surface area contributed by atoms with Gasteiger partial charge in [0.05, 0.1) is 16.4 Å². The van der Waals surface area contributed by atoms with Crippen LogP contribution in [0.5, 0.6) is 0 Å². The molecule has 4 heteroatoms.